The van der Waals surface area contributed by atoms with Gasteiger partial charge < -0.3 is 15.1 Å². The Morgan fingerprint density at radius 1 is 1.17 bits per heavy atom. The lowest BCUT2D eigenvalue weighted by molar-refractivity contribution is -0.148. The number of nitrogens with zero attached hydrogens (tertiary/aromatic N) is 2. The maximum atomic E-state index is 12.8. The van der Waals surface area contributed by atoms with Crippen molar-refractivity contribution < 1.29 is 14.4 Å². The van der Waals surface area contributed by atoms with Crippen molar-refractivity contribution in [2.75, 3.05) is 31.5 Å². The number of rotatable bonds is 5. The van der Waals surface area contributed by atoms with Crippen molar-refractivity contribution >= 4 is 23.9 Å². The summed E-state index contributed by atoms with van der Waals surface area (Å²) < 4.78 is 0. The van der Waals surface area contributed by atoms with E-state index in [9.17, 15) is 14.4 Å². The van der Waals surface area contributed by atoms with Crippen molar-refractivity contribution in [1.82, 2.24) is 9.80 Å². The monoisotopic (exact) mass is 331 g/mol. The molecule has 1 fully saturated rings. The van der Waals surface area contributed by atoms with E-state index in [0.29, 0.717) is 26.2 Å². The highest BCUT2D eigenvalue weighted by Gasteiger charge is 2.40. The number of aryl methyl sites for hydroxylation is 1. The zero-order valence-electron chi connectivity index (χ0n) is 14.5. The van der Waals surface area contributed by atoms with Gasteiger partial charge in [0.2, 0.25) is 18.2 Å². The molecule has 0 aromatic heterocycles. The van der Waals surface area contributed by atoms with Crippen LogP contribution >= 0.6 is 0 Å². The normalized spacial score (nSPS) is 15.1. The van der Waals surface area contributed by atoms with Crippen LogP contribution in [0.2, 0.25) is 0 Å². The summed E-state index contributed by atoms with van der Waals surface area (Å²) in [5, 5.41) is 2.89. The first-order valence-electron chi connectivity index (χ1n) is 8.28. The van der Waals surface area contributed by atoms with E-state index in [4.69, 9.17) is 0 Å². The standard InChI is InChI=1S/C18H25N3O3/c1-4-14-7-5-6-8-15(14)19-16(23)18(2,3)17(24)21-11-9-20(13-22)10-12-21/h5-8,13H,4,9-12H2,1-3H3,(H,19,23). The van der Waals surface area contributed by atoms with E-state index >= 15 is 0 Å². The average Bonchev–Trinajstić information content (AvgIpc) is 2.61. The molecule has 1 aliphatic rings. The molecule has 0 unspecified atom stereocenters. The number of piperazine rings is 1. The van der Waals surface area contributed by atoms with Crippen LogP contribution in [0.25, 0.3) is 0 Å². The summed E-state index contributed by atoms with van der Waals surface area (Å²) in [5.41, 5.74) is 0.620. The van der Waals surface area contributed by atoms with E-state index in [2.05, 4.69) is 5.32 Å². The van der Waals surface area contributed by atoms with Gasteiger partial charge in [-0.25, -0.2) is 0 Å². The van der Waals surface area contributed by atoms with Crippen LogP contribution in [0.5, 0.6) is 0 Å². The number of carbonyl (C=O) groups excluding carboxylic acids is 3. The molecule has 24 heavy (non-hydrogen) atoms. The van der Waals surface area contributed by atoms with Gasteiger partial charge in [-0.05, 0) is 31.9 Å². The van der Waals surface area contributed by atoms with E-state index in [-0.39, 0.29) is 11.8 Å². The molecule has 2 rings (SSSR count). The second-order valence-corrected chi connectivity index (χ2v) is 6.52. The predicted octanol–water partition coefficient (Wildman–Crippen LogP) is 1.51. The summed E-state index contributed by atoms with van der Waals surface area (Å²) >= 11 is 0. The maximum absolute atomic E-state index is 12.8. The van der Waals surface area contributed by atoms with Gasteiger partial charge in [-0.3, -0.25) is 14.4 Å². The summed E-state index contributed by atoms with van der Waals surface area (Å²) in [6, 6.07) is 7.60. The summed E-state index contributed by atoms with van der Waals surface area (Å²) in [4.78, 5) is 39.5. The Morgan fingerprint density at radius 3 is 2.38 bits per heavy atom. The smallest absolute Gasteiger partial charge is 0.239 e. The minimum absolute atomic E-state index is 0.209. The second kappa shape index (κ2) is 7.47. The molecule has 0 radical (unpaired) electrons. The molecule has 0 bridgehead atoms. The molecule has 3 amide bonds. The van der Waals surface area contributed by atoms with Crippen LogP contribution < -0.4 is 5.32 Å². The van der Waals surface area contributed by atoms with Crippen molar-refractivity contribution in [1.29, 1.82) is 0 Å². The molecular weight excluding hydrogens is 306 g/mol. The van der Waals surface area contributed by atoms with E-state index in [0.717, 1.165) is 24.1 Å². The highest BCUT2D eigenvalue weighted by atomic mass is 16.2. The number of hydrogen-bond donors (Lipinski definition) is 1. The Balaban J connectivity index is 2.07. The molecule has 1 N–H and O–H groups in total. The number of carbonyl (C=O) groups is 3. The Kier molecular flexibility index (Phi) is 5.59. The summed E-state index contributed by atoms with van der Waals surface area (Å²) in [6.07, 6.45) is 1.60. The third-order valence-corrected chi connectivity index (χ3v) is 4.50. The first kappa shape index (κ1) is 18.0. The molecule has 1 aromatic carbocycles. The summed E-state index contributed by atoms with van der Waals surface area (Å²) in [7, 11) is 0. The minimum Gasteiger partial charge on any atom is -0.342 e. The number of benzene rings is 1. The minimum atomic E-state index is -1.16. The SMILES string of the molecule is CCc1ccccc1NC(=O)C(C)(C)C(=O)N1CCN(C=O)CC1. The Hall–Kier alpha value is -2.37. The zero-order valence-corrected chi connectivity index (χ0v) is 14.5. The first-order valence-corrected chi connectivity index (χ1v) is 8.28. The molecule has 6 heteroatoms. The van der Waals surface area contributed by atoms with Crippen LogP contribution in [0.15, 0.2) is 24.3 Å². The highest BCUT2D eigenvalue weighted by molar-refractivity contribution is 6.10. The van der Waals surface area contributed by atoms with Gasteiger partial charge >= 0.3 is 0 Å². The predicted molar refractivity (Wildman–Crippen MR) is 92.4 cm³/mol. The average molecular weight is 331 g/mol. The fraction of sp³-hybridized carbons (Fsp3) is 0.500. The highest BCUT2D eigenvalue weighted by Crippen LogP contribution is 2.24. The zero-order chi connectivity index (χ0) is 17.7. The van der Waals surface area contributed by atoms with Gasteiger partial charge in [0.1, 0.15) is 5.41 Å². The molecular formula is C18H25N3O3. The van der Waals surface area contributed by atoms with Gasteiger partial charge in [0, 0.05) is 31.9 Å². The van der Waals surface area contributed by atoms with E-state index < -0.39 is 5.41 Å². The lowest BCUT2D eigenvalue weighted by Crippen LogP contribution is -2.54. The van der Waals surface area contributed by atoms with Crippen LogP contribution in [-0.2, 0) is 20.8 Å². The quantitative estimate of drug-likeness (QED) is 0.657. The number of para-hydroxylation sites is 1. The molecule has 0 atom stereocenters. The van der Waals surface area contributed by atoms with E-state index in [1.807, 2.05) is 31.2 Å². The number of amides is 3. The van der Waals surface area contributed by atoms with Crippen molar-refractivity contribution in [2.24, 2.45) is 5.41 Å². The molecule has 1 saturated heterocycles. The van der Waals surface area contributed by atoms with E-state index in [1.54, 1.807) is 23.6 Å². The van der Waals surface area contributed by atoms with Crippen molar-refractivity contribution in [2.45, 2.75) is 27.2 Å². The van der Waals surface area contributed by atoms with Crippen molar-refractivity contribution in [3.8, 4) is 0 Å². The largest absolute Gasteiger partial charge is 0.342 e. The fourth-order valence-electron chi connectivity index (χ4n) is 2.75. The third kappa shape index (κ3) is 3.75. The maximum Gasteiger partial charge on any atom is 0.239 e. The summed E-state index contributed by atoms with van der Waals surface area (Å²) in [5.74, 6) is -0.522. The lowest BCUT2D eigenvalue weighted by atomic mass is 9.89. The van der Waals surface area contributed by atoms with Gasteiger partial charge in [-0.15, -0.1) is 0 Å². The number of hydrogen-bond acceptors (Lipinski definition) is 3. The molecule has 0 spiro atoms. The molecule has 6 nitrogen and oxygen atoms in total. The van der Waals surface area contributed by atoms with Gasteiger partial charge in [-0.2, -0.15) is 0 Å². The second-order valence-electron chi connectivity index (χ2n) is 6.52. The first-order chi connectivity index (χ1) is 11.4. The molecule has 130 valence electrons. The Morgan fingerprint density at radius 2 is 1.79 bits per heavy atom. The Labute approximate surface area is 142 Å². The van der Waals surface area contributed by atoms with E-state index in [1.165, 1.54) is 0 Å². The summed E-state index contributed by atoms with van der Waals surface area (Å²) in [6.45, 7) is 7.24. The van der Waals surface area contributed by atoms with Crippen LogP contribution in [0.3, 0.4) is 0 Å². The molecule has 1 heterocycles. The van der Waals surface area contributed by atoms with Crippen molar-refractivity contribution in [3.05, 3.63) is 29.8 Å². The van der Waals surface area contributed by atoms with Crippen LogP contribution in [0.4, 0.5) is 5.69 Å². The molecule has 1 aromatic rings. The van der Waals surface area contributed by atoms with Crippen LogP contribution in [-0.4, -0.2) is 54.2 Å². The van der Waals surface area contributed by atoms with Gasteiger partial charge in [0.05, 0.1) is 0 Å². The topological polar surface area (TPSA) is 69.7 Å². The van der Waals surface area contributed by atoms with Crippen molar-refractivity contribution in [3.63, 3.8) is 0 Å². The van der Waals surface area contributed by atoms with Crippen LogP contribution in [0.1, 0.15) is 26.3 Å². The molecule has 0 aliphatic carbocycles. The van der Waals surface area contributed by atoms with Crippen LogP contribution in [0, 0.1) is 5.41 Å². The van der Waals surface area contributed by atoms with Gasteiger partial charge in [-0.1, -0.05) is 25.1 Å². The third-order valence-electron chi connectivity index (χ3n) is 4.50. The molecule has 1 aliphatic heterocycles. The number of anilines is 1. The Bertz CT molecular complexity index is 620. The lowest BCUT2D eigenvalue weighted by Gasteiger charge is -2.36. The van der Waals surface area contributed by atoms with Gasteiger partial charge in [0.25, 0.3) is 0 Å². The fourth-order valence-corrected chi connectivity index (χ4v) is 2.75. The van der Waals surface area contributed by atoms with Gasteiger partial charge in [0.15, 0.2) is 0 Å². The number of nitrogens with one attached hydrogen (secondary N) is 1. The molecule has 0 saturated carbocycles.